The lowest BCUT2D eigenvalue weighted by molar-refractivity contribution is -0.126. The first-order chi connectivity index (χ1) is 17.9. The number of carbonyl (C=O) groups is 2. The Balaban J connectivity index is 1.49. The van der Waals surface area contributed by atoms with E-state index in [-0.39, 0.29) is 34.2 Å². The number of sulfonamides is 1. The third kappa shape index (κ3) is 6.21. The number of phenols is 1. The number of hydrogen-bond donors (Lipinski definition) is 4. The molecule has 4 rings (SSSR count). The smallest absolute Gasteiger partial charge is 0.335 e. The van der Waals surface area contributed by atoms with E-state index in [1.807, 2.05) is 13.0 Å². The fraction of sp³-hybridized carbons (Fsp3) is 0.286. The van der Waals surface area contributed by atoms with Crippen molar-refractivity contribution < 1.29 is 28.2 Å². The number of amides is 1. The zero-order chi connectivity index (χ0) is 27.6. The molecular formula is C28H31N3O6S. The molecule has 3 aromatic rings. The Morgan fingerprint density at radius 2 is 1.82 bits per heavy atom. The molecule has 1 aliphatic rings. The molecule has 38 heavy (non-hydrogen) atoms. The number of carboxylic acid groups (broad SMARTS) is 1. The molecule has 2 atom stereocenters. The predicted octanol–water partition coefficient (Wildman–Crippen LogP) is 3.56. The summed E-state index contributed by atoms with van der Waals surface area (Å²) >= 11 is 0. The van der Waals surface area contributed by atoms with Crippen molar-refractivity contribution >= 4 is 21.9 Å². The Morgan fingerprint density at radius 1 is 1.11 bits per heavy atom. The SMILES string of the molecule is Cc1cc(S(N)(=O)=O)ccc1-c1cc(O)cc(CN2CCC[C@@H]2C(=O)N[C@@H](C)c2ccc(C(=O)O)cc2)c1. The first-order valence-electron chi connectivity index (χ1n) is 12.3. The number of nitrogens with two attached hydrogens (primary N) is 1. The number of rotatable bonds is 8. The number of primary sulfonamides is 1. The summed E-state index contributed by atoms with van der Waals surface area (Å²) in [6.07, 6.45) is 1.57. The summed E-state index contributed by atoms with van der Waals surface area (Å²) in [5.41, 5.74) is 4.04. The molecular weight excluding hydrogens is 506 g/mol. The summed E-state index contributed by atoms with van der Waals surface area (Å²) in [7, 11) is -3.82. The molecule has 0 unspecified atom stereocenters. The van der Waals surface area contributed by atoms with E-state index in [1.165, 1.54) is 24.3 Å². The monoisotopic (exact) mass is 537 g/mol. The number of nitrogens with one attached hydrogen (secondary N) is 1. The molecule has 9 nitrogen and oxygen atoms in total. The molecule has 1 heterocycles. The second-order valence-corrected chi connectivity index (χ2v) is 11.3. The van der Waals surface area contributed by atoms with Gasteiger partial charge in [-0.3, -0.25) is 9.69 Å². The molecule has 3 aromatic carbocycles. The normalized spacial score (nSPS) is 16.8. The average molecular weight is 538 g/mol. The predicted molar refractivity (Wildman–Crippen MR) is 143 cm³/mol. The highest BCUT2D eigenvalue weighted by Gasteiger charge is 2.31. The Kier molecular flexibility index (Phi) is 7.86. The van der Waals surface area contributed by atoms with Crippen LogP contribution in [0.5, 0.6) is 5.75 Å². The number of hydrogen-bond acceptors (Lipinski definition) is 6. The number of likely N-dealkylation sites (tertiary alicyclic amines) is 1. The number of carboxylic acids is 1. The first-order valence-corrected chi connectivity index (χ1v) is 13.8. The minimum Gasteiger partial charge on any atom is -0.508 e. The van der Waals surface area contributed by atoms with Crippen LogP contribution < -0.4 is 10.5 Å². The van der Waals surface area contributed by atoms with Crippen molar-refractivity contribution in [2.45, 2.75) is 50.2 Å². The van der Waals surface area contributed by atoms with Crippen molar-refractivity contribution in [2.75, 3.05) is 6.54 Å². The van der Waals surface area contributed by atoms with Gasteiger partial charge in [0, 0.05) is 6.54 Å². The summed E-state index contributed by atoms with van der Waals surface area (Å²) in [5, 5.41) is 27.8. The molecule has 0 aromatic heterocycles. The molecule has 10 heteroatoms. The highest BCUT2D eigenvalue weighted by molar-refractivity contribution is 7.89. The Bertz CT molecular complexity index is 1470. The van der Waals surface area contributed by atoms with E-state index >= 15 is 0 Å². The number of carbonyl (C=O) groups excluding carboxylic acids is 1. The van der Waals surface area contributed by atoms with Gasteiger partial charge in [-0.25, -0.2) is 18.4 Å². The van der Waals surface area contributed by atoms with Crippen molar-refractivity contribution in [3.8, 4) is 16.9 Å². The van der Waals surface area contributed by atoms with Crippen LogP contribution in [0.25, 0.3) is 11.1 Å². The van der Waals surface area contributed by atoms with Crippen molar-refractivity contribution in [3.05, 3.63) is 82.9 Å². The maximum Gasteiger partial charge on any atom is 0.335 e. The van der Waals surface area contributed by atoms with Crippen LogP contribution in [-0.4, -0.2) is 48.0 Å². The van der Waals surface area contributed by atoms with Gasteiger partial charge in [0.2, 0.25) is 15.9 Å². The second-order valence-electron chi connectivity index (χ2n) is 9.70. The van der Waals surface area contributed by atoms with Crippen molar-refractivity contribution in [1.29, 1.82) is 0 Å². The first kappa shape index (κ1) is 27.3. The number of benzene rings is 3. The number of aromatic hydroxyl groups is 1. The summed E-state index contributed by atoms with van der Waals surface area (Å²) in [6, 6.07) is 15.6. The van der Waals surface area contributed by atoms with E-state index in [0.29, 0.717) is 18.5 Å². The van der Waals surface area contributed by atoms with Crippen LogP contribution in [0.3, 0.4) is 0 Å². The van der Waals surface area contributed by atoms with Gasteiger partial charge in [0.05, 0.1) is 22.5 Å². The molecule has 200 valence electrons. The van der Waals surface area contributed by atoms with E-state index < -0.39 is 16.0 Å². The molecule has 0 bridgehead atoms. The van der Waals surface area contributed by atoms with Crippen LogP contribution in [0.1, 0.15) is 52.9 Å². The second kappa shape index (κ2) is 10.9. The fourth-order valence-electron chi connectivity index (χ4n) is 4.91. The Morgan fingerprint density at radius 3 is 2.45 bits per heavy atom. The zero-order valence-electron chi connectivity index (χ0n) is 21.2. The summed E-state index contributed by atoms with van der Waals surface area (Å²) in [5.74, 6) is -1.03. The van der Waals surface area contributed by atoms with Crippen LogP contribution in [0.4, 0.5) is 0 Å². The van der Waals surface area contributed by atoms with Crippen LogP contribution in [0, 0.1) is 6.92 Å². The Labute approximate surface area is 222 Å². The van der Waals surface area contributed by atoms with E-state index in [1.54, 1.807) is 37.3 Å². The lowest BCUT2D eigenvalue weighted by Gasteiger charge is -2.26. The summed E-state index contributed by atoms with van der Waals surface area (Å²) in [4.78, 5) is 26.4. The third-order valence-electron chi connectivity index (χ3n) is 6.88. The van der Waals surface area contributed by atoms with Gasteiger partial charge in [-0.2, -0.15) is 0 Å². The summed E-state index contributed by atoms with van der Waals surface area (Å²) in [6.45, 7) is 4.82. The van der Waals surface area contributed by atoms with E-state index in [2.05, 4.69) is 10.2 Å². The third-order valence-corrected chi connectivity index (χ3v) is 7.79. The minimum atomic E-state index is -3.82. The topological polar surface area (TPSA) is 150 Å². The van der Waals surface area contributed by atoms with Gasteiger partial charge < -0.3 is 15.5 Å². The lowest BCUT2D eigenvalue weighted by atomic mass is 9.98. The summed E-state index contributed by atoms with van der Waals surface area (Å²) < 4.78 is 23.4. The maximum atomic E-state index is 13.2. The maximum absolute atomic E-state index is 13.2. The van der Waals surface area contributed by atoms with Gasteiger partial charge >= 0.3 is 5.97 Å². The lowest BCUT2D eigenvalue weighted by Crippen LogP contribution is -2.43. The zero-order valence-corrected chi connectivity index (χ0v) is 22.0. The van der Waals surface area contributed by atoms with Gasteiger partial charge in [-0.05, 0) is 104 Å². The van der Waals surface area contributed by atoms with Gasteiger partial charge in [0.1, 0.15) is 5.75 Å². The number of aryl methyl sites for hydroxylation is 1. The van der Waals surface area contributed by atoms with Crippen molar-refractivity contribution in [3.63, 3.8) is 0 Å². The van der Waals surface area contributed by atoms with E-state index in [4.69, 9.17) is 10.2 Å². The molecule has 1 aliphatic heterocycles. The molecule has 1 amide bonds. The van der Waals surface area contributed by atoms with E-state index in [0.717, 1.165) is 35.2 Å². The molecule has 5 N–H and O–H groups in total. The molecule has 1 saturated heterocycles. The highest BCUT2D eigenvalue weighted by atomic mass is 32.2. The number of nitrogens with zero attached hydrogens (tertiary/aromatic N) is 1. The van der Waals surface area contributed by atoms with Crippen LogP contribution in [0.2, 0.25) is 0 Å². The minimum absolute atomic E-state index is 0.0251. The van der Waals surface area contributed by atoms with Crippen LogP contribution in [-0.2, 0) is 21.4 Å². The van der Waals surface area contributed by atoms with Crippen molar-refractivity contribution in [2.24, 2.45) is 5.14 Å². The number of phenolic OH excluding ortho intramolecular Hbond substituents is 1. The molecule has 0 radical (unpaired) electrons. The molecule has 1 fully saturated rings. The van der Waals surface area contributed by atoms with E-state index in [9.17, 15) is 23.1 Å². The highest BCUT2D eigenvalue weighted by Crippen LogP contribution is 2.31. The van der Waals surface area contributed by atoms with Gasteiger partial charge in [0.25, 0.3) is 0 Å². The standard InChI is InChI=1S/C28H31N3O6S/c1-17-12-24(38(29,36)37)9-10-25(17)22-13-19(14-23(32)15-22)16-31-11-3-4-26(31)27(33)30-18(2)20-5-7-21(8-6-20)28(34)35/h5-10,12-15,18,26,32H,3-4,11,16H2,1-2H3,(H,30,33)(H,34,35)(H2,29,36,37)/t18-,26+/m0/s1. The molecule has 0 aliphatic carbocycles. The largest absolute Gasteiger partial charge is 0.508 e. The average Bonchev–Trinajstić information content (AvgIpc) is 3.31. The molecule has 0 spiro atoms. The van der Waals surface area contributed by atoms with Gasteiger partial charge in [-0.15, -0.1) is 0 Å². The molecule has 0 saturated carbocycles. The Hall–Kier alpha value is -3.73. The van der Waals surface area contributed by atoms with Crippen molar-refractivity contribution in [1.82, 2.24) is 10.2 Å². The van der Waals surface area contributed by atoms with Gasteiger partial charge in [0.15, 0.2) is 0 Å². The quantitative estimate of drug-likeness (QED) is 0.343. The van der Waals surface area contributed by atoms with Crippen LogP contribution in [0.15, 0.2) is 65.6 Å². The van der Waals surface area contributed by atoms with Crippen LogP contribution >= 0.6 is 0 Å². The number of aromatic carboxylic acids is 1. The van der Waals surface area contributed by atoms with Gasteiger partial charge in [-0.1, -0.05) is 18.2 Å². The fourth-order valence-corrected chi connectivity index (χ4v) is 5.51.